The van der Waals surface area contributed by atoms with E-state index in [4.69, 9.17) is 4.74 Å². The van der Waals surface area contributed by atoms with E-state index in [0.717, 1.165) is 35.4 Å². The highest BCUT2D eigenvalue weighted by molar-refractivity contribution is 5.92. The molecule has 4 rings (SSSR count). The molecule has 0 saturated carbocycles. The molecule has 3 aromatic carbocycles. The van der Waals surface area contributed by atoms with Crippen molar-refractivity contribution in [2.45, 2.75) is 19.8 Å². The van der Waals surface area contributed by atoms with Crippen molar-refractivity contribution in [2.24, 2.45) is 0 Å². The maximum Gasteiger partial charge on any atom is 0.262 e. The number of amides is 1. The Balaban J connectivity index is 1.42. The molecule has 0 atom stereocenters. The highest BCUT2D eigenvalue weighted by atomic mass is 16.5. The van der Waals surface area contributed by atoms with Gasteiger partial charge in [-0.3, -0.25) is 4.79 Å². The lowest BCUT2D eigenvalue weighted by Crippen LogP contribution is -2.20. The number of fused-ring (bicyclic) bond motifs is 1. The topological polar surface area (TPSA) is 38.3 Å². The van der Waals surface area contributed by atoms with Crippen molar-refractivity contribution in [3.63, 3.8) is 0 Å². The summed E-state index contributed by atoms with van der Waals surface area (Å²) in [7, 11) is 0. The molecule has 1 N–H and O–H groups in total. The molecule has 28 heavy (non-hydrogen) atoms. The molecule has 140 valence electrons. The summed E-state index contributed by atoms with van der Waals surface area (Å²) < 4.78 is 5.61. The van der Waals surface area contributed by atoms with E-state index in [1.165, 1.54) is 16.7 Å². The van der Waals surface area contributed by atoms with E-state index < -0.39 is 0 Å². The number of benzene rings is 3. The van der Waals surface area contributed by atoms with Crippen LogP contribution in [0.2, 0.25) is 0 Å². The standard InChI is InChI=1S/C25H23NO2/c1-18-7-2-5-12-24(18)28-17-25(27)26-21-15-13-20(14-16-21)23-11-6-9-19-8-3-4-10-22(19)23/h2,4-7,9-16H,3,8,17H2,1H3,(H,26,27). The van der Waals surface area contributed by atoms with E-state index in [1.54, 1.807) is 0 Å². The van der Waals surface area contributed by atoms with E-state index >= 15 is 0 Å². The Bertz CT molecular complexity index is 1020. The van der Waals surface area contributed by atoms with Crippen LogP contribution in [0.15, 0.2) is 72.8 Å². The molecular formula is C25H23NO2. The Morgan fingerprint density at radius 3 is 2.64 bits per heavy atom. The predicted molar refractivity (Wildman–Crippen MR) is 115 cm³/mol. The van der Waals surface area contributed by atoms with E-state index in [9.17, 15) is 4.79 Å². The molecule has 0 aromatic heterocycles. The number of carbonyl (C=O) groups excluding carboxylic acids is 1. The maximum absolute atomic E-state index is 12.2. The number of anilines is 1. The number of allylic oxidation sites excluding steroid dienone is 1. The molecule has 3 nitrogen and oxygen atoms in total. The first kappa shape index (κ1) is 18.1. The minimum Gasteiger partial charge on any atom is -0.483 e. The summed E-state index contributed by atoms with van der Waals surface area (Å²) in [5.74, 6) is 0.561. The van der Waals surface area contributed by atoms with Crippen LogP contribution in [0.4, 0.5) is 5.69 Å². The summed E-state index contributed by atoms with van der Waals surface area (Å²) in [5, 5.41) is 2.89. The molecule has 3 heteroatoms. The van der Waals surface area contributed by atoms with Crippen molar-refractivity contribution in [2.75, 3.05) is 11.9 Å². The van der Waals surface area contributed by atoms with Gasteiger partial charge in [0.05, 0.1) is 0 Å². The van der Waals surface area contributed by atoms with Crippen LogP contribution in [0.1, 0.15) is 23.1 Å². The second kappa shape index (κ2) is 8.13. The first-order chi connectivity index (χ1) is 13.7. The number of nitrogens with one attached hydrogen (secondary N) is 1. The van der Waals surface area contributed by atoms with E-state index in [1.807, 2.05) is 43.3 Å². The first-order valence-corrected chi connectivity index (χ1v) is 9.58. The quantitative estimate of drug-likeness (QED) is 0.632. The third-order valence-corrected chi connectivity index (χ3v) is 4.99. The number of rotatable bonds is 5. The van der Waals surface area contributed by atoms with Crippen molar-refractivity contribution in [1.82, 2.24) is 0 Å². The minimum absolute atomic E-state index is 0.0103. The van der Waals surface area contributed by atoms with Crippen LogP contribution in [-0.4, -0.2) is 12.5 Å². The number of hydrogen-bond acceptors (Lipinski definition) is 2. The van der Waals surface area contributed by atoms with Crippen molar-refractivity contribution >= 4 is 17.7 Å². The van der Waals surface area contributed by atoms with Gasteiger partial charge < -0.3 is 10.1 Å². The summed E-state index contributed by atoms with van der Waals surface area (Å²) >= 11 is 0. The zero-order valence-corrected chi connectivity index (χ0v) is 15.9. The smallest absolute Gasteiger partial charge is 0.262 e. The van der Waals surface area contributed by atoms with Crippen molar-refractivity contribution < 1.29 is 9.53 Å². The third kappa shape index (κ3) is 3.99. The summed E-state index contributed by atoms with van der Waals surface area (Å²) in [6, 6.07) is 22.1. The highest BCUT2D eigenvalue weighted by Gasteiger charge is 2.11. The molecule has 0 spiro atoms. The van der Waals surface area contributed by atoms with Gasteiger partial charge in [0.25, 0.3) is 5.91 Å². The van der Waals surface area contributed by atoms with E-state index in [-0.39, 0.29) is 12.5 Å². The van der Waals surface area contributed by atoms with E-state index in [0.29, 0.717) is 0 Å². The van der Waals surface area contributed by atoms with Crippen molar-refractivity contribution in [3.8, 4) is 16.9 Å². The van der Waals surface area contributed by atoms with Crippen LogP contribution in [0.25, 0.3) is 17.2 Å². The molecule has 1 amide bonds. The van der Waals surface area contributed by atoms with Gasteiger partial charge in [-0.15, -0.1) is 0 Å². The number of ether oxygens (including phenoxy) is 1. The SMILES string of the molecule is Cc1ccccc1OCC(=O)Nc1ccc(-c2cccc3c2C=CCC3)cc1. The van der Waals surface area contributed by atoms with Gasteiger partial charge in [-0.05, 0) is 65.8 Å². The van der Waals surface area contributed by atoms with Crippen molar-refractivity contribution in [3.05, 3.63) is 89.5 Å². The molecule has 0 saturated heterocycles. The second-order valence-corrected chi connectivity index (χ2v) is 7.00. The van der Waals surface area contributed by atoms with Crippen LogP contribution in [-0.2, 0) is 11.2 Å². The van der Waals surface area contributed by atoms with Crippen molar-refractivity contribution in [1.29, 1.82) is 0 Å². The number of aryl methyl sites for hydroxylation is 2. The van der Waals surface area contributed by atoms with Crippen LogP contribution < -0.4 is 10.1 Å². The lowest BCUT2D eigenvalue weighted by atomic mass is 9.90. The Morgan fingerprint density at radius 2 is 1.82 bits per heavy atom. The normalized spacial score (nSPS) is 12.3. The van der Waals surface area contributed by atoms with Gasteiger partial charge in [-0.25, -0.2) is 0 Å². The largest absolute Gasteiger partial charge is 0.483 e. The molecule has 0 aliphatic heterocycles. The highest BCUT2D eigenvalue weighted by Crippen LogP contribution is 2.31. The van der Waals surface area contributed by atoms with Crippen LogP contribution in [0.5, 0.6) is 5.75 Å². The molecule has 0 bridgehead atoms. The minimum atomic E-state index is -0.170. The fourth-order valence-corrected chi connectivity index (χ4v) is 3.51. The average molecular weight is 369 g/mol. The fourth-order valence-electron chi connectivity index (χ4n) is 3.51. The van der Waals surface area contributed by atoms with Gasteiger partial charge in [0, 0.05) is 5.69 Å². The summed E-state index contributed by atoms with van der Waals surface area (Å²) in [6.45, 7) is 1.95. The zero-order valence-electron chi connectivity index (χ0n) is 15.9. The molecule has 3 aromatic rings. The first-order valence-electron chi connectivity index (χ1n) is 9.58. The zero-order chi connectivity index (χ0) is 19.3. The lowest BCUT2D eigenvalue weighted by Gasteiger charge is -2.15. The van der Waals surface area contributed by atoms with Gasteiger partial charge >= 0.3 is 0 Å². The Hall–Kier alpha value is -3.33. The third-order valence-electron chi connectivity index (χ3n) is 4.99. The second-order valence-electron chi connectivity index (χ2n) is 7.00. The van der Waals surface area contributed by atoms with Crippen LogP contribution >= 0.6 is 0 Å². The molecule has 1 aliphatic carbocycles. The van der Waals surface area contributed by atoms with Gasteiger partial charge in [-0.2, -0.15) is 0 Å². The Labute approximate surface area is 165 Å². The summed E-state index contributed by atoms with van der Waals surface area (Å²) in [6.07, 6.45) is 6.64. The number of carbonyl (C=O) groups is 1. The molecule has 1 aliphatic rings. The van der Waals surface area contributed by atoms with Gasteiger partial charge in [0.2, 0.25) is 0 Å². The van der Waals surface area contributed by atoms with Crippen LogP contribution in [0, 0.1) is 6.92 Å². The van der Waals surface area contributed by atoms with E-state index in [2.05, 4.69) is 47.8 Å². The summed E-state index contributed by atoms with van der Waals surface area (Å²) in [5.41, 5.74) is 6.86. The monoisotopic (exact) mass is 369 g/mol. The van der Waals surface area contributed by atoms with Gasteiger partial charge in [-0.1, -0.05) is 60.7 Å². The molecule has 0 fully saturated rings. The molecule has 0 unspecified atom stereocenters. The van der Waals surface area contributed by atoms with Crippen LogP contribution in [0.3, 0.4) is 0 Å². The van der Waals surface area contributed by atoms with Gasteiger partial charge in [0.15, 0.2) is 6.61 Å². The molecule has 0 radical (unpaired) electrons. The molecule has 0 heterocycles. The maximum atomic E-state index is 12.2. The molecular weight excluding hydrogens is 346 g/mol. The number of para-hydroxylation sites is 1. The Kier molecular flexibility index (Phi) is 5.24. The summed E-state index contributed by atoms with van der Waals surface area (Å²) in [4.78, 5) is 12.2. The predicted octanol–water partition coefficient (Wildman–Crippen LogP) is 5.64. The lowest BCUT2D eigenvalue weighted by molar-refractivity contribution is -0.118. The van der Waals surface area contributed by atoms with Gasteiger partial charge in [0.1, 0.15) is 5.75 Å². The fraction of sp³-hybridized carbons (Fsp3) is 0.160. The Morgan fingerprint density at radius 1 is 1.00 bits per heavy atom. The average Bonchev–Trinajstić information content (AvgIpc) is 2.73. The number of hydrogen-bond donors (Lipinski definition) is 1.